The molecule has 3 aromatic rings. The lowest BCUT2D eigenvalue weighted by Gasteiger charge is -2.13. The van der Waals surface area contributed by atoms with E-state index in [-0.39, 0.29) is 11.9 Å². The zero-order valence-electron chi connectivity index (χ0n) is 11.4. The molecule has 0 aliphatic carbocycles. The van der Waals surface area contributed by atoms with Crippen LogP contribution in [0.5, 0.6) is 0 Å². The third kappa shape index (κ3) is 2.75. The Morgan fingerprint density at radius 3 is 2.90 bits per heavy atom. The van der Waals surface area contributed by atoms with Crippen molar-refractivity contribution in [3.63, 3.8) is 0 Å². The first-order valence-corrected chi connectivity index (χ1v) is 7.00. The summed E-state index contributed by atoms with van der Waals surface area (Å²) in [7, 11) is 0. The number of nitrogens with one attached hydrogen (secondary N) is 1. The van der Waals surface area contributed by atoms with Crippen LogP contribution in [0.3, 0.4) is 0 Å². The average molecular weight is 305 g/mol. The Balaban J connectivity index is 1.79. The maximum Gasteiger partial charge on any atom is 0.160 e. The van der Waals surface area contributed by atoms with Crippen LogP contribution in [-0.2, 0) is 6.54 Å². The number of pyridine rings is 1. The molecule has 0 fully saturated rings. The minimum absolute atomic E-state index is 0.0851. The summed E-state index contributed by atoms with van der Waals surface area (Å²) in [5, 5.41) is 11.9. The van der Waals surface area contributed by atoms with E-state index < -0.39 is 0 Å². The van der Waals surface area contributed by atoms with E-state index in [1.165, 1.54) is 6.07 Å². The van der Waals surface area contributed by atoms with E-state index in [0.29, 0.717) is 17.1 Å². The van der Waals surface area contributed by atoms with Crippen molar-refractivity contribution in [3.8, 4) is 0 Å². The van der Waals surface area contributed by atoms with Crippen LogP contribution in [0.1, 0.15) is 24.4 Å². The zero-order valence-corrected chi connectivity index (χ0v) is 12.2. The Kier molecular flexibility index (Phi) is 3.86. The summed E-state index contributed by atoms with van der Waals surface area (Å²) < 4.78 is 15.6. The lowest BCUT2D eigenvalue weighted by atomic mass is 10.2. The minimum atomic E-state index is -0.312. The Morgan fingerprint density at radius 2 is 2.10 bits per heavy atom. The molecule has 0 aliphatic rings. The van der Waals surface area contributed by atoms with E-state index >= 15 is 0 Å². The second kappa shape index (κ2) is 5.79. The first-order chi connectivity index (χ1) is 10.2. The molecule has 4 nitrogen and oxygen atoms in total. The molecule has 0 spiro atoms. The summed E-state index contributed by atoms with van der Waals surface area (Å²) in [5.74, 6) is 0.464. The molecule has 108 valence electrons. The van der Waals surface area contributed by atoms with Gasteiger partial charge in [0, 0.05) is 23.3 Å². The van der Waals surface area contributed by atoms with Crippen molar-refractivity contribution >= 4 is 17.2 Å². The maximum absolute atomic E-state index is 13.7. The smallest absolute Gasteiger partial charge is 0.160 e. The van der Waals surface area contributed by atoms with Gasteiger partial charge in [0.2, 0.25) is 0 Å². The molecule has 0 radical (unpaired) electrons. The van der Waals surface area contributed by atoms with E-state index in [2.05, 4.69) is 15.5 Å². The van der Waals surface area contributed by atoms with Crippen LogP contribution in [0.4, 0.5) is 4.39 Å². The number of halogens is 2. The van der Waals surface area contributed by atoms with Gasteiger partial charge >= 0.3 is 0 Å². The molecule has 3 rings (SSSR count). The Morgan fingerprint density at radius 1 is 1.24 bits per heavy atom. The fraction of sp³-hybridized carbons (Fsp3) is 0.200. The maximum atomic E-state index is 13.7. The zero-order chi connectivity index (χ0) is 14.8. The van der Waals surface area contributed by atoms with Crippen LogP contribution in [0.25, 0.3) is 5.65 Å². The third-order valence-electron chi connectivity index (χ3n) is 3.37. The van der Waals surface area contributed by atoms with Crippen LogP contribution >= 0.6 is 11.6 Å². The minimum Gasteiger partial charge on any atom is -0.303 e. The molecule has 0 amide bonds. The molecule has 0 saturated heterocycles. The van der Waals surface area contributed by atoms with Gasteiger partial charge in [0.05, 0.1) is 6.04 Å². The summed E-state index contributed by atoms with van der Waals surface area (Å²) in [6.45, 7) is 2.28. The average Bonchev–Trinajstić information content (AvgIpc) is 2.90. The Hall–Kier alpha value is -1.98. The van der Waals surface area contributed by atoms with E-state index in [1.807, 2.05) is 35.7 Å². The van der Waals surface area contributed by atoms with E-state index in [1.54, 1.807) is 12.1 Å². The number of rotatable bonds is 4. The van der Waals surface area contributed by atoms with Crippen molar-refractivity contribution < 1.29 is 4.39 Å². The molecule has 1 atom stereocenters. The lowest BCUT2D eigenvalue weighted by Crippen LogP contribution is -2.21. The highest BCUT2D eigenvalue weighted by molar-refractivity contribution is 6.31. The highest BCUT2D eigenvalue weighted by Gasteiger charge is 2.14. The van der Waals surface area contributed by atoms with Gasteiger partial charge in [0.1, 0.15) is 5.82 Å². The standard InChI is InChI=1S/C15H14ClFN4/c1-10(15-20-19-14-7-2-3-8-21(14)15)18-9-11-12(16)5-4-6-13(11)17/h2-8,10,18H,9H2,1H3/t10-/m0/s1. The fourth-order valence-corrected chi connectivity index (χ4v) is 2.43. The predicted molar refractivity (Wildman–Crippen MR) is 79.7 cm³/mol. The SMILES string of the molecule is C[C@H](NCc1c(F)cccc1Cl)c1nnc2ccccn12. The van der Waals surface area contributed by atoms with Gasteiger partial charge in [-0.1, -0.05) is 23.7 Å². The molecule has 1 N–H and O–H groups in total. The Bertz CT molecular complexity index is 751. The van der Waals surface area contributed by atoms with Crippen LogP contribution in [0, 0.1) is 5.82 Å². The topological polar surface area (TPSA) is 42.2 Å². The van der Waals surface area contributed by atoms with Crippen LogP contribution < -0.4 is 5.32 Å². The van der Waals surface area contributed by atoms with Crippen molar-refractivity contribution in [3.05, 3.63) is 64.8 Å². The lowest BCUT2D eigenvalue weighted by molar-refractivity contribution is 0.522. The quantitative estimate of drug-likeness (QED) is 0.803. The number of fused-ring (bicyclic) bond motifs is 1. The van der Waals surface area contributed by atoms with Gasteiger partial charge in [-0.15, -0.1) is 10.2 Å². The summed E-state index contributed by atoms with van der Waals surface area (Å²) in [5.41, 5.74) is 1.24. The molecule has 0 saturated carbocycles. The molecule has 2 aromatic heterocycles. The van der Waals surface area contributed by atoms with Crippen molar-refractivity contribution in [1.29, 1.82) is 0 Å². The molecule has 2 heterocycles. The van der Waals surface area contributed by atoms with E-state index in [0.717, 1.165) is 11.5 Å². The van der Waals surface area contributed by atoms with Crippen molar-refractivity contribution in [2.45, 2.75) is 19.5 Å². The van der Waals surface area contributed by atoms with Gasteiger partial charge in [-0.2, -0.15) is 0 Å². The van der Waals surface area contributed by atoms with E-state index in [9.17, 15) is 4.39 Å². The third-order valence-corrected chi connectivity index (χ3v) is 3.73. The molecule has 0 aliphatic heterocycles. The molecule has 21 heavy (non-hydrogen) atoms. The van der Waals surface area contributed by atoms with Crippen LogP contribution in [-0.4, -0.2) is 14.6 Å². The first-order valence-electron chi connectivity index (χ1n) is 6.63. The van der Waals surface area contributed by atoms with E-state index in [4.69, 9.17) is 11.6 Å². The van der Waals surface area contributed by atoms with Gasteiger partial charge in [-0.25, -0.2) is 4.39 Å². The molecular weight excluding hydrogens is 291 g/mol. The number of aromatic nitrogens is 3. The van der Waals surface area contributed by atoms with Crippen molar-refractivity contribution in [1.82, 2.24) is 19.9 Å². The highest BCUT2D eigenvalue weighted by Crippen LogP contribution is 2.20. The van der Waals surface area contributed by atoms with Gasteiger partial charge in [-0.3, -0.25) is 4.40 Å². The van der Waals surface area contributed by atoms with Crippen LogP contribution in [0.2, 0.25) is 5.02 Å². The normalized spacial score (nSPS) is 12.7. The fourth-order valence-electron chi connectivity index (χ4n) is 2.20. The number of hydrogen-bond acceptors (Lipinski definition) is 3. The predicted octanol–water partition coefficient (Wildman–Crippen LogP) is 3.37. The number of hydrogen-bond donors (Lipinski definition) is 1. The monoisotopic (exact) mass is 304 g/mol. The van der Waals surface area contributed by atoms with Gasteiger partial charge in [-0.05, 0) is 31.2 Å². The Labute approximate surface area is 126 Å². The van der Waals surface area contributed by atoms with Gasteiger partial charge in [0.25, 0.3) is 0 Å². The van der Waals surface area contributed by atoms with Gasteiger partial charge in [0.15, 0.2) is 11.5 Å². The summed E-state index contributed by atoms with van der Waals surface area (Å²) in [4.78, 5) is 0. The van der Waals surface area contributed by atoms with Crippen molar-refractivity contribution in [2.24, 2.45) is 0 Å². The molecule has 6 heteroatoms. The highest BCUT2D eigenvalue weighted by atomic mass is 35.5. The van der Waals surface area contributed by atoms with Crippen LogP contribution in [0.15, 0.2) is 42.6 Å². The summed E-state index contributed by atoms with van der Waals surface area (Å²) >= 11 is 6.02. The largest absolute Gasteiger partial charge is 0.303 e. The number of benzene rings is 1. The van der Waals surface area contributed by atoms with Crippen molar-refractivity contribution in [2.75, 3.05) is 0 Å². The molecule has 0 unspecified atom stereocenters. The molecule has 0 bridgehead atoms. The second-order valence-electron chi connectivity index (χ2n) is 4.79. The number of nitrogens with zero attached hydrogens (tertiary/aromatic N) is 3. The second-order valence-corrected chi connectivity index (χ2v) is 5.20. The molecular formula is C15H14ClFN4. The first kappa shape index (κ1) is 14.0. The summed E-state index contributed by atoms with van der Waals surface area (Å²) in [6.07, 6.45) is 1.90. The molecule has 1 aromatic carbocycles. The van der Waals surface area contributed by atoms with Gasteiger partial charge < -0.3 is 5.32 Å². The summed E-state index contributed by atoms with van der Waals surface area (Å²) in [6, 6.07) is 10.3.